The fraction of sp³-hybridized carbons (Fsp3) is 0.438. The third-order valence-corrected chi connectivity index (χ3v) is 3.32. The normalized spacial score (nSPS) is 11.2. The van der Waals surface area contributed by atoms with Crippen molar-refractivity contribution in [1.82, 2.24) is 15.1 Å². The molecule has 0 spiro atoms. The highest BCUT2D eigenvalue weighted by molar-refractivity contribution is 5.62. The van der Waals surface area contributed by atoms with Crippen LogP contribution >= 0.6 is 0 Å². The number of aromatic amines is 1. The molecule has 1 aromatic carbocycles. The van der Waals surface area contributed by atoms with E-state index in [1.165, 1.54) is 17.7 Å². The second-order valence-corrected chi connectivity index (χ2v) is 5.05. The lowest BCUT2D eigenvalue weighted by molar-refractivity contribution is 0.267. The van der Waals surface area contributed by atoms with Gasteiger partial charge in [0, 0.05) is 17.7 Å². The van der Waals surface area contributed by atoms with E-state index in [0.29, 0.717) is 0 Å². The van der Waals surface area contributed by atoms with Gasteiger partial charge in [-0.3, -0.25) is 10.00 Å². The minimum absolute atomic E-state index is 0.214. The Bertz CT molecular complexity index is 513. The van der Waals surface area contributed by atoms with Crippen molar-refractivity contribution >= 4 is 0 Å². The van der Waals surface area contributed by atoms with Gasteiger partial charge in [0.2, 0.25) is 0 Å². The van der Waals surface area contributed by atoms with E-state index < -0.39 is 0 Å². The SMILES string of the molecule is CCCN(CCC)Cc1cn[nH]c1-c1ccc(F)cc1. The Morgan fingerprint density at radius 3 is 2.35 bits per heavy atom. The molecule has 0 saturated heterocycles. The van der Waals surface area contributed by atoms with Crippen LogP contribution < -0.4 is 0 Å². The minimum atomic E-state index is -0.214. The fourth-order valence-corrected chi connectivity index (χ4v) is 2.44. The van der Waals surface area contributed by atoms with Crippen LogP contribution in [-0.2, 0) is 6.54 Å². The molecule has 0 aliphatic carbocycles. The van der Waals surface area contributed by atoms with Gasteiger partial charge in [-0.25, -0.2) is 4.39 Å². The molecule has 0 unspecified atom stereocenters. The van der Waals surface area contributed by atoms with Crippen LogP contribution in [0, 0.1) is 5.82 Å². The molecule has 2 rings (SSSR count). The van der Waals surface area contributed by atoms with Crippen molar-refractivity contribution < 1.29 is 4.39 Å². The van der Waals surface area contributed by atoms with Gasteiger partial charge in [0.05, 0.1) is 11.9 Å². The highest BCUT2D eigenvalue weighted by Gasteiger charge is 2.11. The molecule has 20 heavy (non-hydrogen) atoms. The van der Waals surface area contributed by atoms with Crippen molar-refractivity contribution in [3.63, 3.8) is 0 Å². The van der Waals surface area contributed by atoms with Crippen molar-refractivity contribution in [3.8, 4) is 11.3 Å². The molecule has 1 heterocycles. The first-order valence-corrected chi connectivity index (χ1v) is 7.25. The zero-order valence-electron chi connectivity index (χ0n) is 12.2. The van der Waals surface area contributed by atoms with Crippen LogP contribution in [-0.4, -0.2) is 28.2 Å². The Labute approximate surface area is 119 Å². The second-order valence-electron chi connectivity index (χ2n) is 5.05. The van der Waals surface area contributed by atoms with Gasteiger partial charge in [0.25, 0.3) is 0 Å². The molecule has 4 heteroatoms. The molecule has 1 N–H and O–H groups in total. The van der Waals surface area contributed by atoms with E-state index in [1.807, 2.05) is 6.20 Å². The van der Waals surface area contributed by atoms with Crippen molar-refractivity contribution in [2.45, 2.75) is 33.2 Å². The molecular weight excluding hydrogens is 253 g/mol. The topological polar surface area (TPSA) is 31.9 Å². The Morgan fingerprint density at radius 1 is 1.10 bits per heavy atom. The summed E-state index contributed by atoms with van der Waals surface area (Å²) >= 11 is 0. The van der Waals surface area contributed by atoms with Gasteiger partial charge in [-0.1, -0.05) is 13.8 Å². The van der Waals surface area contributed by atoms with Gasteiger partial charge >= 0.3 is 0 Å². The molecule has 0 amide bonds. The molecule has 0 bridgehead atoms. The summed E-state index contributed by atoms with van der Waals surface area (Å²) in [5.74, 6) is -0.214. The van der Waals surface area contributed by atoms with Crippen LogP contribution in [0.5, 0.6) is 0 Å². The van der Waals surface area contributed by atoms with E-state index in [2.05, 4.69) is 28.9 Å². The van der Waals surface area contributed by atoms with Crippen molar-refractivity contribution in [1.29, 1.82) is 0 Å². The smallest absolute Gasteiger partial charge is 0.123 e. The molecule has 0 saturated carbocycles. The summed E-state index contributed by atoms with van der Waals surface area (Å²) in [5, 5.41) is 7.18. The maximum atomic E-state index is 13.0. The van der Waals surface area contributed by atoms with Crippen LogP contribution in [0.2, 0.25) is 0 Å². The van der Waals surface area contributed by atoms with Crippen LogP contribution in [0.1, 0.15) is 32.3 Å². The summed E-state index contributed by atoms with van der Waals surface area (Å²) in [5.41, 5.74) is 3.13. The zero-order chi connectivity index (χ0) is 14.4. The predicted octanol–water partition coefficient (Wildman–Crippen LogP) is 3.84. The van der Waals surface area contributed by atoms with Crippen molar-refractivity contribution in [2.75, 3.05) is 13.1 Å². The summed E-state index contributed by atoms with van der Waals surface area (Å²) in [6.45, 7) is 7.44. The maximum Gasteiger partial charge on any atom is 0.123 e. The lowest BCUT2D eigenvalue weighted by Crippen LogP contribution is -2.24. The number of rotatable bonds is 7. The summed E-state index contributed by atoms with van der Waals surface area (Å²) in [6.07, 6.45) is 4.16. The summed E-state index contributed by atoms with van der Waals surface area (Å²) in [6, 6.07) is 6.54. The number of benzene rings is 1. The first-order chi connectivity index (χ1) is 9.74. The highest BCUT2D eigenvalue weighted by atomic mass is 19.1. The average molecular weight is 275 g/mol. The molecule has 0 aliphatic heterocycles. The molecule has 0 radical (unpaired) electrons. The van der Waals surface area contributed by atoms with Gasteiger partial charge in [0.15, 0.2) is 0 Å². The largest absolute Gasteiger partial charge is 0.299 e. The highest BCUT2D eigenvalue weighted by Crippen LogP contribution is 2.22. The Morgan fingerprint density at radius 2 is 1.75 bits per heavy atom. The molecule has 108 valence electrons. The lowest BCUT2D eigenvalue weighted by Gasteiger charge is -2.20. The van der Waals surface area contributed by atoms with Crippen molar-refractivity contribution in [3.05, 3.63) is 41.8 Å². The summed E-state index contributed by atoms with van der Waals surface area (Å²) in [7, 11) is 0. The van der Waals surface area contributed by atoms with Gasteiger partial charge in [-0.05, 0) is 50.2 Å². The third-order valence-electron chi connectivity index (χ3n) is 3.32. The molecule has 0 atom stereocenters. The standard InChI is InChI=1S/C16H22FN3/c1-3-9-20(10-4-2)12-14-11-18-19-16(14)13-5-7-15(17)8-6-13/h5-8,11H,3-4,9-10,12H2,1-2H3,(H,18,19). The van der Waals surface area contributed by atoms with Gasteiger partial charge in [-0.15, -0.1) is 0 Å². The molecule has 0 fully saturated rings. The number of hydrogen-bond acceptors (Lipinski definition) is 2. The average Bonchev–Trinajstić information content (AvgIpc) is 2.88. The zero-order valence-corrected chi connectivity index (χ0v) is 12.2. The number of aromatic nitrogens is 2. The van der Waals surface area contributed by atoms with E-state index in [9.17, 15) is 4.39 Å². The number of hydrogen-bond donors (Lipinski definition) is 1. The van der Waals surface area contributed by atoms with Crippen LogP contribution in [0.15, 0.2) is 30.5 Å². The van der Waals surface area contributed by atoms with E-state index in [-0.39, 0.29) is 5.82 Å². The summed E-state index contributed by atoms with van der Waals surface area (Å²) < 4.78 is 13.0. The van der Waals surface area contributed by atoms with E-state index in [4.69, 9.17) is 0 Å². The van der Waals surface area contributed by atoms with Crippen LogP contribution in [0.4, 0.5) is 4.39 Å². The second kappa shape index (κ2) is 7.20. The number of nitrogens with zero attached hydrogens (tertiary/aromatic N) is 2. The number of nitrogens with one attached hydrogen (secondary N) is 1. The van der Waals surface area contributed by atoms with Crippen LogP contribution in [0.25, 0.3) is 11.3 Å². The first kappa shape index (κ1) is 14.7. The molecular formula is C16H22FN3. The van der Waals surface area contributed by atoms with Gasteiger partial charge < -0.3 is 0 Å². The predicted molar refractivity (Wildman–Crippen MR) is 79.8 cm³/mol. The molecule has 3 nitrogen and oxygen atoms in total. The Balaban J connectivity index is 2.17. The summed E-state index contributed by atoms with van der Waals surface area (Å²) in [4.78, 5) is 2.43. The van der Waals surface area contributed by atoms with Crippen LogP contribution in [0.3, 0.4) is 0 Å². The van der Waals surface area contributed by atoms with Gasteiger partial charge in [-0.2, -0.15) is 5.10 Å². The fourth-order valence-electron chi connectivity index (χ4n) is 2.44. The number of halogens is 1. The Hall–Kier alpha value is -1.68. The number of H-pyrrole nitrogens is 1. The van der Waals surface area contributed by atoms with E-state index >= 15 is 0 Å². The lowest BCUT2D eigenvalue weighted by atomic mass is 10.1. The van der Waals surface area contributed by atoms with E-state index in [0.717, 1.165) is 43.7 Å². The third kappa shape index (κ3) is 3.67. The van der Waals surface area contributed by atoms with Crippen molar-refractivity contribution in [2.24, 2.45) is 0 Å². The van der Waals surface area contributed by atoms with E-state index in [1.54, 1.807) is 12.1 Å². The minimum Gasteiger partial charge on any atom is -0.299 e. The molecule has 0 aliphatic rings. The monoisotopic (exact) mass is 275 g/mol. The first-order valence-electron chi connectivity index (χ1n) is 7.25. The maximum absolute atomic E-state index is 13.0. The quantitative estimate of drug-likeness (QED) is 0.832. The van der Waals surface area contributed by atoms with Gasteiger partial charge in [0.1, 0.15) is 5.82 Å². The Kier molecular flexibility index (Phi) is 5.30. The molecule has 2 aromatic rings. The molecule has 1 aromatic heterocycles.